The molecule has 2 heteroatoms. The van der Waals surface area contributed by atoms with Gasteiger partial charge in [0.1, 0.15) is 5.82 Å². The fourth-order valence-corrected chi connectivity index (χ4v) is 3.33. The molecule has 0 aromatic heterocycles. The Labute approximate surface area is 126 Å². The largest absolute Gasteiger partial charge is 0.316 e. The fourth-order valence-electron chi connectivity index (χ4n) is 3.33. The predicted octanol–water partition coefficient (Wildman–Crippen LogP) is 4.07. The van der Waals surface area contributed by atoms with Gasteiger partial charge in [0.05, 0.1) is 0 Å². The Hall–Kier alpha value is -1.67. The summed E-state index contributed by atoms with van der Waals surface area (Å²) < 4.78 is 13.9. The van der Waals surface area contributed by atoms with Gasteiger partial charge in [-0.3, -0.25) is 0 Å². The summed E-state index contributed by atoms with van der Waals surface area (Å²) in [6.45, 7) is 3.85. The van der Waals surface area contributed by atoms with Crippen molar-refractivity contribution in [2.45, 2.75) is 25.7 Å². The zero-order valence-electron chi connectivity index (χ0n) is 12.5. The highest BCUT2D eigenvalue weighted by Gasteiger charge is 2.26. The molecule has 1 saturated heterocycles. The Balaban J connectivity index is 1.82. The van der Waals surface area contributed by atoms with E-state index in [9.17, 15) is 4.39 Å². The van der Waals surface area contributed by atoms with Crippen molar-refractivity contribution >= 4 is 0 Å². The summed E-state index contributed by atoms with van der Waals surface area (Å²) in [6, 6.07) is 16.3. The minimum atomic E-state index is -0.0792. The van der Waals surface area contributed by atoms with E-state index in [1.54, 1.807) is 6.07 Å². The highest BCUT2D eigenvalue weighted by Crippen LogP contribution is 2.33. The second-order valence-corrected chi connectivity index (χ2v) is 6.06. The van der Waals surface area contributed by atoms with Crippen molar-refractivity contribution in [3.05, 3.63) is 71.0 Å². The highest BCUT2D eigenvalue weighted by molar-refractivity contribution is 5.28. The van der Waals surface area contributed by atoms with Crippen LogP contribution in [0.1, 0.15) is 29.0 Å². The number of piperidine rings is 1. The Morgan fingerprint density at radius 2 is 1.95 bits per heavy atom. The van der Waals surface area contributed by atoms with Gasteiger partial charge in [-0.25, -0.2) is 4.39 Å². The quantitative estimate of drug-likeness (QED) is 0.895. The van der Waals surface area contributed by atoms with E-state index in [1.807, 2.05) is 13.0 Å². The van der Waals surface area contributed by atoms with Gasteiger partial charge in [0, 0.05) is 0 Å². The molecule has 0 bridgehead atoms. The maximum Gasteiger partial charge on any atom is 0.126 e. The molecule has 0 spiro atoms. The molecular weight excluding hydrogens is 261 g/mol. The van der Waals surface area contributed by atoms with Crippen molar-refractivity contribution in [2.75, 3.05) is 13.1 Å². The first-order chi connectivity index (χ1) is 10.2. The predicted molar refractivity (Wildman–Crippen MR) is 85.0 cm³/mol. The first kappa shape index (κ1) is 14.3. The van der Waals surface area contributed by atoms with Crippen LogP contribution in [0.5, 0.6) is 0 Å². The summed E-state index contributed by atoms with van der Waals surface area (Å²) in [5, 5.41) is 3.49. The number of hydrogen-bond acceptors (Lipinski definition) is 1. The van der Waals surface area contributed by atoms with Crippen LogP contribution < -0.4 is 5.32 Å². The molecule has 2 atom stereocenters. The maximum atomic E-state index is 13.9. The van der Waals surface area contributed by atoms with Gasteiger partial charge in [-0.15, -0.1) is 0 Å². The Morgan fingerprint density at radius 1 is 1.14 bits per heavy atom. The first-order valence-corrected chi connectivity index (χ1v) is 7.75. The average molecular weight is 283 g/mol. The Kier molecular flexibility index (Phi) is 4.35. The molecule has 1 N–H and O–H groups in total. The zero-order chi connectivity index (χ0) is 14.7. The van der Waals surface area contributed by atoms with Crippen molar-refractivity contribution in [3.63, 3.8) is 0 Å². The number of nitrogens with one attached hydrogen (secondary N) is 1. The van der Waals surface area contributed by atoms with Crippen LogP contribution in [0.4, 0.5) is 4.39 Å². The molecule has 2 aromatic rings. The third kappa shape index (κ3) is 3.33. The minimum Gasteiger partial charge on any atom is -0.316 e. The van der Waals surface area contributed by atoms with Gasteiger partial charge in [-0.2, -0.15) is 0 Å². The average Bonchev–Trinajstić information content (AvgIpc) is 2.52. The van der Waals surface area contributed by atoms with Crippen LogP contribution in [0, 0.1) is 18.7 Å². The summed E-state index contributed by atoms with van der Waals surface area (Å²) >= 11 is 0. The Bertz CT molecular complexity index is 594. The third-order valence-electron chi connectivity index (χ3n) is 4.57. The molecule has 21 heavy (non-hydrogen) atoms. The first-order valence-electron chi connectivity index (χ1n) is 7.75. The van der Waals surface area contributed by atoms with E-state index in [1.165, 1.54) is 5.56 Å². The lowest BCUT2D eigenvalue weighted by molar-refractivity contribution is 0.323. The number of aryl methyl sites for hydroxylation is 1. The molecule has 0 radical (unpaired) electrons. The van der Waals surface area contributed by atoms with Gasteiger partial charge in [0.15, 0.2) is 0 Å². The van der Waals surface area contributed by atoms with Crippen LogP contribution in [0.25, 0.3) is 0 Å². The zero-order valence-corrected chi connectivity index (χ0v) is 12.5. The molecule has 2 aromatic carbocycles. The molecular formula is C19H22FN. The van der Waals surface area contributed by atoms with Crippen LogP contribution in [-0.2, 0) is 6.42 Å². The lowest BCUT2D eigenvalue weighted by Gasteiger charge is -2.33. The van der Waals surface area contributed by atoms with E-state index in [0.717, 1.165) is 37.1 Å². The molecule has 0 amide bonds. The van der Waals surface area contributed by atoms with Crippen molar-refractivity contribution in [1.82, 2.24) is 5.32 Å². The molecule has 3 rings (SSSR count). The standard InChI is InChI=1S/C19H22FN/c1-14-7-8-16(12-19(14)20)18-9-10-21-13-17(18)11-15-5-3-2-4-6-15/h2-8,12,17-18,21H,9-11,13H2,1H3. The van der Waals surface area contributed by atoms with Crippen LogP contribution in [-0.4, -0.2) is 13.1 Å². The van der Waals surface area contributed by atoms with Crippen LogP contribution >= 0.6 is 0 Å². The van der Waals surface area contributed by atoms with E-state index in [2.05, 4.69) is 41.7 Å². The van der Waals surface area contributed by atoms with Gasteiger partial charge in [0.25, 0.3) is 0 Å². The summed E-state index contributed by atoms with van der Waals surface area (Å²) in [4.78, 5) is 0. The van der Waals surface area contributed by atoms with E-state index in [0.29, 0.717) is 11.8 Å². The number of halogens is 1. The number of rotatable bonds is 3. The third-order valence-corrected chi connectivity index (χ3v) is 4.57. The molecule has 1 nitrogen and oxygen atoms in total. The smallest absolute Gasteiger partial charge is 0.126 e. The van der Waals surface area contributed by atoms with Gasteiger partial charge in [-0.1, -0.05) is 42.5 Å². The molecule has 110 valence electrons. The fraction of sp³-hybridized carbons (Fsp3) is 0.368. The van der Waals surface area contributed by atoms with Crippen molar-refractivity contribution in [1.29, 1.82) is 0 Å². The van der Waals surface area contributed by atoms with E-state index in [4.69, 9.17) is 0 Å². The number of benzene rings is 2. The maximum absolute atomic E-state index is 13.9. The van der Waals surface area contributed by atoms with Crippen LogP contribution in [0.15, 0.2) is 48.5 Å². The topological polar surface area (TPSA) is 12.0 Å². The minimum absolute atomic E-state index is 0.0792. The molecule has 0 saturated carbocycles. The van der Waals surface area contributed by atoms with Crippen LogP contribution in [0.3, 0.4) is 0 Å². The van der Waals surface area contributed by atoms with Gasteiger partial charge < -0.3 is 5.32 Å². The van der Waals surface area contributed by atoms with E-state index < -0.39 is 0 Å². The van der Waals surface area contributed by atoms with Gasteiger partial charge >= 0.3 is 0 Å². The lowest BCUT2D eigenvalue weighted by Crippen LogP contribution is -2.36. The second kappa shape index (κ2) is 6.40. The monoisotopic (exact) mass is 283 g/mol. The summed E-state index contributed by atoms with van der Waals surface area (Å²) in [6.07, 6.45) is 2.13. The molecule has 2 unspecified atom stereocenters. The number of hydrogen-bond donors (Lipinski definition) is 1. The molecule has 1 heterocycles. The molecule has 1 aliphatic rings. The van der Waals surface area contributed by atoms with Gasteiger partial charge in [0.2, 0.25) is 0 Å². The van der Waals surface area contributed by atoms with Crippen molar-refractivity contribution < 1.29 is 4.39 Å². The Morgan fingerprint density at radius 3 is 2.71 bits per heavy atom. The van der Waals surface area contributed by atoms with Crippen molar-refractivity contribution in [3.8, 4) is 0 Å². The molecule has 1 fully saturated rings. The molecule has 0 aliphatic carbocycles. The van der Waals surface area contributed by atoms with Crippen molar-refractivity contribution in [2.24, 2.45) is 5.92 Å². The summed E-state index contributed by atoms with van der Waals surface area (Å²) in [5.74, 6) is 0.898. The molecule has 1 aliphatic heterocycles. The summed E-state index contributed by atoms with van der Waals surface area (Å²) in [7, 11) is 0. The second-order valence-electron chi connectivity index (χ2n) is 6.06. The van der Waals surface area contributed by atoms with E-state index >= 15 is 0 Å². The van der Waals surface area contributed by atoms with E-state index in [-0.39, 0.29) is 5.82 Å². The van der Waals surface area contributed by atoms with Gasteiger partial charge in [-0.05, 0) is 67.4 Å². The SMILES string of the molecule is Cc1ccc(C2CCNCC2Cc2ccccc2)cc1F. The highest BCUT2D eigenvalue weighted by atomic mass is 19.1. The van der Waals surface area contributed by atoms with Crippen LogP contribution in [0.2, 0.25) is 0 Å². The lowest BCUT2D eigenvalue weighted by atomic mass is 9.78. The normalized spacial score (nSPS) is 22.2. The summed E-state index contributed by atoms with van der Waals surface area (Å²) in [5.41, 5.74) is 3.25.